The molecule has 4 nitrogen and oxygen atoms in total. The highest BCUT2D eigenvalue weighted by Gasteiger charge is 2.21. The van der Waals surface area contributed by atoms with Crippen LogP contribution in [0.5, 0.6) is 0 Å². The summed E-state index contributed by atoms with van der Waals surface area (Å²) in [5, 5.41) is 6.44. The predicted molar refractivity (Wildman–Crippen MR) is 80.3 cm³/mol. The number of hydrogen-bond donors (Lipinski definition) is 2. The quantitative estimate of drug-likeness (QED) is 0.706. The van der Waals surface area contributed by atoms with Crippen LogP contribution in [0.2, 0.25) is 0 Å². The van der Waals surface area contributed by atoms with Crippen LogP contribution in [0.25, 0.3) is 0 Å². The van der Waals surface area contributed by atoms with Crippen molar-refractivity contribution in [2.45, 2.75) is 65.0 Å². The van der Waals surface area contributed by atoms with Crippen LogP contribution in [0.3, 0.4) is 0 Å². The Bertz CT molecular complexity index is 248. The minimum atomic E-state index is 0.0407. The molecule has 1 amide bonds. The Hall–Kier alpha value is -0.610. The minimum absolute atomic E-state index is 0.0407. The summed E-state index contributed by atoms with van der Waals surface area (Å²) in [6.07, 6.45) is 5.57. The Morgan fingerprint density at radius 3 is 2.68 bits per heavy atom. The normalized spacial score (nSPS) is 21.4. The van der Waals surface area contributed by atoms with Crippen molar-refractivity contribution in [2.75, 3.05) is 26.2 Å². The average Bonchev–Trinajstić information content (AvgIpc) is 2.44. The lowest BCUT2D eigenvalue weighted by molar-refractivity contribution is -0.124. The molecule has 0 aromatic carbocycles. The predicted octanol–water partition coefficient (Wildman–Crippen LogP) is 1.76. The number of nitrogens with zero attached hydrogens (tertiary/aromatic N) is 1. The number of hydrogen-bond acceptors (Lipinski definition) is 3. The highest BCUT2D eigenvalue weighted by Crippen LogP contribution is 2.08. The van der Waals surface area contributed by atoms with Crippen molar-refractivity contribution in [2.24, 2.45) is 0 Å². The molecule has 19 heavy (non-hydrogen) atoms. The number of carbonyl (C=O) groups excluding carboxylic acids is 1. The van der Waals surface area contributed by atoms with E-state index in [4.69, 9.17) is 0 Å². The van der Waals surface area contributed by atoms with Crippen LogP contribution in [-0.2, 0) is 4.79 Å². The van der Waals surface area contributed by atoms with Crippen LogP contribution >= 0.6 is 0 Å². The first-order valence-electron chi connectivity index (χ1n) is 7.93. The SMILES string of the molecule is CCN(CC)CCCC(C)NC(=O)[C@@H]1CCCCN1. The number of nitrogens with one attached hydrogen (secondary N) is 2. The van der Waals surface area contributed by atoms with Gasteiger partial charge < -0.3 is 15.5 Å². The van der Waals surface area contributed by atoms with E-state index >= 15 is 0 Å². The summed E-state index contributed by atoms with van der Waals surface area (Å²) in [5.74, 6) is 0.190. The molecule has 112 valence electrons. The Balaban J connectivity index is 2.15. The fourth-order valence-corrected chi connectivity index (χ4v) is 2.65. The molecular formula is C15H31N3O. The molecule has 0 aromatic heterocycles. The summed E-state index contributed by atoms with van der Waals surface area (Å²) in [4.78, 5) is 14.5. The Morgan fingerprint density at radius 1 is 1.37 bits per heavy atom. The summed E-state index contributed by atoms with van der Waals surface area (Å²) in [6, 6.07) is 0.325. The van der Waals surface area contributed by atoms with Gasteiger partial charge in [-0.3, -0.25) is 4.79 Å². The van der Waals surface area contributed by atoms with Gasteiger partial charge >= 0.3 is 0 Å². The first-order chi connectivity index (χ1) is 9.17. The van der Waals surface area contributed by atoms with Gasteiger partial charge in [0.25, 0.3) is 0 Å². The molecule has 1 rings (SSSR count). The van der Waals surface area contributed by atoms with Gasteiger partial charge in [0.15, 0.2) is 0 Å². The largest absolute Gasteiger partial charge is 0.352 e. The summed E-state index contributed by atoms with van der Waals surface area (Å²) < 4.78 is 0. The molecule has 2 N–H and O–H groups in total. The molecule has 1 heterocycles. The third-order valence-corrected chi connectivity index (χ3v) is 4.02. The second kappa shape index (κ2) is 9.32. The van der Waals surface area contributed by atoms with E-state index in [1.54, 1.807) is 0 Å². The highest BCUT2D eigenvalue weighted by molar-refractivity contribution is 5.82. The maximum atomic E-state index is 12.0. The van der Waals surface area contributed by atoms with Crippen molar-refractivity contribution in [1.29, 1.82) is 0 Å². The van der Waals surface area contributed by atoms with Gasteiger partial charge in [0.05, 0.1) is 6.04 Å². The van der Waals surface area contributed by atoms with E-state index in [1.165, 1.54) is 12.8 Å². The summed E-state index contributed by atoms with van der Waals surface area (Å²) in [7, 11) is 0. The van der Waals surface area contributed by atoms with Crippen molar-refractivity contribution < 1.29 is 4.79 Å². The lowest BCUT2D eigenvalue weighted by Gasteiger charge is -2.25. The lowest BCUT2D eigenvalue weighted by atomic mass is 10.0. The smallest absolute Gasteiger partial charge is 0.237 e. The van der Waals surface area contributed by atoms with Crippen LogP contribution in [0.15, 0.2) is 0 Å². The van der Waals surface area contributed by atoms with Crippen LogP contribution in [0.1, 0.15) is 52.9 Å². The molecule has 0 saturated carbocycles. The third kappa shape index (κ3) is 6.39. The van der Waals surface area contributed by atoms with E-state index in [9.17, 15) is 4.79 Å². The van der Waals surface area contributed by atoms with Gasteiger partial charge in [-0.05, 0) is 58.8 Å². The fourth-order valence-electron chi connectivity index (χ4n) is 2.65. The zero-order valence-corrected chi connectivity index (χ0v) is 12.9. The van der Waals surface area contributed by atoms with Crippen LogP contribution < -0.4 is 10.6 Å². The van der Waals surface area contributed by atoms with Crippen molar-refractivity contribution in [1.82, 2.24) is 15.5 Å². The van der Waals surface area contributed by atoms with E-state index < -0.39 is 0 Å². The molecule has 0 spiro atoms. The molecule has 0 aliphatic carbocycles. The second-order valence-electron chi connectivity index (χ2n) is 5.58. The zero-order chi connectivity index (χ0) is 14.1. The maximum Gasteiger partial charge on any atom is 0.237 e. The van der Waals surface area contributed by atoms with Crippen molar-refractivity contribution in [3.05, 3.63) is 0 Å². The monoisotopic (exact) mass is 269 g/mol. The Kier molecular flexibility index (Phi) is 8.07. The van der Waals surface area contributed by atoms with Crippen LogP contribution in [0.4, 0.5) is 0 Å². The second-order valence-corrected chi connectivity index (χ2v) is 5.58. The molecule has 1 aliphatic rings. The average molecular weight is 269 g/mol. The number of piperidine rings is 1. The lowest BCUT2D eigenvalue weighted by Crippen LogP contribution is -2.49. The fraction of sp³-hybridized carbons (Fsp3) is 0.933. The van der Waals surface area contributed by atoms with Gasteiger partial charge in [0.1, 0.15) is 0 Å². The maximum absolute atomic E-state index is 12.0. The van der Waals surface area contributed by atoms with Crippen LogP contribution in [0, 0.1) is 0 Å². The van der Waals surface area contributed by atoms with Gasteiger partial charge in [-0.25, -0.2) is 0 Å². The molecule has 1 fully saturated rings. The molecule has 2 atom stereocenters. The molecule has 4 heteroatoms. The third-order valence-electron chi connectivity index (χ3n) is 4.02. The first kappa shape index (κ1) is 16.4. The number of rotatable bonds is 8. The van der Waals surface area contributed by atoms with E-state index in [0.717, 1.165) is 45.4 Å². The molecule has 0 radical (unpaired) electrons. The van der Waals surface area contributed by atoms with Gasteiger partial charge in [-0.15, -0.1) is 0 Å². The van der Waals surface area contributed by atoms with Crippen LogP contribution in [-0.4, -0.2) is 49.1 Å². The zero-order valence-electron chi connectivity index (χ0n) is 12.9. The first-order valence-corrected chi connectivity index (χ1v) is 7.93. The van der Waals surface area contributed by atoms with Crippen molar-refractivity contribution in [3.63, 3.8) is 0 Å². The van der Waals surface area contributed by atoms with E-state index in [1.807, 2.05) is 0 Å². The standard InChI is InChI=1S/C15H31N3O/c1-4-18(5-2)12-8-9-13(3)17-15(19)14-10-6-7-11-16-14/h13-14,16H,4-12H2,1-3H3,(H,17,19)/t13?,14-/m0/s1. The minimum Gasteiger partial charge on any atom is -0.352 e. The van der Waals surface area contributed by atoms with Gasteiger partial charge in [-0.2, -0.15) is 0 Å². The van der Waals surface area contributed by atoms with Crippen molar-refractivity contribution >= 4 is 5.91 Å². The molecule has 1 aliphatic heterocycles. The topological polar surface area (TPSA) is 44.4 Å². The van der Waals surface area contributed by atoms with Crippen molar-refractivity contribution in [3.8, 4) is 0 Å². The molecule has 0 bridgehead atoms. The molecular weight excluding hydrogens is 238 g/mol. The van der Waals surface area contributed by atoms with E-state index in [2.05, 4.69) is 36.3 Å². The molecule has 1 saturated heterocycles. The highest BCUT2D eigenvalue weighted by atomic mass is 16.2. The Morgan fingerprint density at radius 2 is 2.11 bits per heavy atom. The Labute approximate surface area is 118 Å². The number of carbonyl (C=O) groups is 1. The molecule has 0 aromatic rings. The number of amides is 1. The van der Waals surface area contributed by atoms with Gasteiger partial charge in [0.2, 0.25) is 5.91 Å². The van der Waals surface area contributed by atoms with E-state index in [-0.39, 0.29) is 18.0 Å². The summed E-state index contributed by atoms with van der Waals surface area (Å²) in [5.41, 5.74) is 0. The van der Waals surface area contributed by atoms with Gasteiger partial charge in [-0.1, -0.05) is 20.3 Å². The molecule has 1 unspecified atom stereocenters. The van der Waals surface area contributed by atoms with Gasteiger partial charge in [0, 0.05) is 6.04 Å². The summed E-state index contributed by atoms with van der Waals surface area (Å²) >= 11 is 0. The van der Waals surface area contributed by atoms with E-state index in [0.29, 0.717) is 0 Å². The summed E-state index contributed by atoms with van der Waals surface area (Å²) in [6.45, 7) is 10.9.